The van der Waals surface area contributed by atoms with Crippen LogP contribution in [0.15, 0.2) is 0 Å². The highest BCUT2D eigenvalue weighted by molar-refractivity contribution is 6.80. The van der Waals surface area contributed by atoms with E-state index in [1.165, 1.54) is 32.1 Å². The molecule has 1 heteroatoms. The Morgan fingerprint density at radius 1 is 0.778 bits per heavy atom. The average molecular weight is 389 g/mol. The molecule has 156 valence electrons. The van der Waals surface area contributed by atoms with Crippen LogP contribution in [0, 0.1) is 41.4 Å². The molecule has 9 atom stereocenters. The molecule has 27 heavy (non-hydrogen) atoms. The number of hydrogen-bond donors (Lipinski definition) is 0. The first-order chi connectivity index (χ1) is 12.9. The fraction of sp³-hybridized carbons (Fsp3) is 1.00. The van der Waals surface area contributed by atoms with E-state index in [2.05, 4.69) is 33.9 Å². The minimum atomic E-state index is -1.19. The molecule has 9 unspecified atom stereocenters. The highest BCUT2D eigenvalue weighted by Gasteiger charge is 2.56. The van der Waals surface area contributed by atoms with Crippen LogP contribution >= 0.6 is 0 Å². The van der Waals surface area contributed by atoms with Gasteiger partial charge in [-0.2, -0.15) is 0 Å². The largest absolute Gasteiger partial charge is 0.0689 e. The van der Waals surface area contributed by atoms with Gasteiger partial charge in [-0.1, -0.05) is 91.7 Å². The van der Waals surface area contributed by atoms with Crippen LogP contribution in [-0.4, -0.2) is 8.07 Å². The van der Waals surface area contributed by atoms with E-state index in [-0.39, 0.29) is 0 Å². The molecule has 0 nitrogen and oxygen atoms in total. The normalized spacial score (nSPS) is 46.1. The number of hydrogen-bond acceptors (Lipinski definition) is 0. The highest BCUT2D eigenvalue weighted by atomic mass is 28.3. The predicted molar refractivity (Wildman–Crippen MR) is 122 cm³/mol. The maximum Gasteiger partial charge on any atom is 0.0541 e. The summed E-state index contributed by atoms with van der Waals surface area (Å²) in [6, 6.07) is 0. The van der Waals surface area contributed by atoms with E-state index in [9.17, 15) is 0 Å². The van der Waals surface area contributed by atoms with E-state index in [0.717, 1.165) is 52.5 Å². The lowest BCUT2D eigenvalue weighted by Crippen LogP contribution is -2.43. The summed E-state index contributed by atoms with van der Waals surface area (Å²) in [5, 5.41) is 0. The van der Waals surface area contributed by atoms with Gasteiger partial charge in [0.2, 0.25) is 0 Å². The molecule has 0 amide bonds. The minimum absolute atomic E-state index is 0.987. The Bertz CT molecular complexity index is 496. The van der Waals surface area contributed by atoms with Crippen molar-refractivity contribution in [1.82, 2.24) is 0 Å². The van der Waals surface area contributed by atoms with Gasteiger partial charge in [0.1, 0.15) is 0 Å². The monoisotopic (exact) mass is 388 g/mol. The summed E-state index contributed by atoms with van der Waals surface area (Å²) < 4.78 is 0. The van der Waals surface area contributed by atoms with Gasteiger partial charge in [-0.25, -0.2) is 0 Å². The SMILES string of the molecule is CCCC(C)C1CC([Si](C)(C)C2CCC3C(C)CCCC32)C2CCCCC12. The Kier molecular flexibility index (Phi) is 6.19. The Morgan fingerprint density at radius 2 is 1.44 bits per heavy atom. The van der Waals surface area contributed by atoms with Crippen LogP contribution in [0.5, 0.6) is 0 Å². The molecule has 4 aliphatic carbocycles. The second-order valence-electron chi connectivity index (χ2n) is 12.1. The third-order valence-corrected chi connectivity index (χ3v) is 15.9. The maximum absolute atomic E-state index is 2.88. The Balaban J connectivity index is 1.55. The Labute approximate surface area is 171 Å². The van der Waals surface area contributed by atoms with Crippen molar-refractivity contribution in [2.75, 3.05) is 0 Å². The van der Waals surface area contributed by atoms with Gasteiger partial charge in [-0.05, 0) is 71.8 Å². The summed E-state index contributed by atoms with van der Waals surface area (Å²) in [6.45, 7) is 13.4. The summed E-state index contributed by atoms with van der Waals surface area (Å²) in [5.74, 6) is 7.57. The zero-order valence-corrected chi connectivity index (χ0v) is 20.2. The summed E-state index contributed by atoms with van der Waals surface area (Å²) in [5.41, 5.74) is 2.33. The molecular formula is C26H48Si. The summed E-state index contributed by atoms with van der Waals surface area (Å²) in [6.07, 6.45) is 18.6. The first kappa shape index (κ1) is 20.5. The highest BCUT2D eigenvalue weighted by Crippen LogP contribution is 2.64. The fourth-order valence-corrected chi connectivity index (χ4v) is 14.7. The lowest BCUT2D eigenvalue weighted by Gasteiger charge is -2.45. The standard InChI is InChI=1S/C26H48Si/c1-6-10-18(2)24-17-26(23-13-8-7-12-21(23)24)27(4,5)25-16-15-20-19(3)11-9-14-22(20)25/h18-26H,6-17H2,1-5H3. The van der Waals surface area contributed by atoms with Gasteiger partial charge in [0.15, 0.2) is 0 Å². The minimum Gasteiger partial charge on any atom is -0.0689 e. The van der Waals surface area contributed by atoms with Crippen molar-refractivity contribution in [1.29, 1.82) is 0 Å². The van der Waals surface area contributed by atoms with Gasteiger partial charge < -0.3 is 0 Å². The van der Waals surface area contributed by atoms with Crippen LogP contribution in [0.3, 0.4) is 0 Å². The van der Waals surface area contributed by atoms with Crippen LogP contribution < -0.4 is 0 Å². The molecule has 0 aromatic rings. The maximum atomic E-state index is 2.88. The summed E-state index contributed by atoms with van der Waals surface area (Å²) >= 11 is 0. The van der Waals surface area contributed by atoms with Crippen molar-refractivity contribution in [2.45, 2.75) is 122 Å². The molecule has 0 bridgehead atoms. The zero-order chi connectivity index (χ0) is 19.2. The Hall–Kier alpha value is 0.217. The van der Waals surface area contributed by atoms with Gasteiger partial charge in [0.25, 0.3) is 0 Å². The van der Waals surface area contributed by atoms with Gasteiger partial charge in [0, 0.05) is 0 Å². The first-order valence-electron chi connectivity index (χ1n) is 12.9. The molecule has 0 N–H and O–H groups in total. The Morgan fingerprint density at radius 3 is 2.19 bits per heavy atom. The molecule has 0 aromatic carbocycles. The van der Waals surface area contributed by atoms with Crippen LogP contribution in [0.2, 0.25) is 24.2 Å². The van der Waals surface area contributed by atoms with Crippen molar-refractivity contribution in [3.8, 4) is 0 Å². The third-order valence-electron chi connectivity index (χ3n) is 10.7. The molecule has 0 aromatic heterocycles. The van der Waals surface area contributed by atoms with Crippen molar-refractivity contribution < 1.29 is 0 Å². The van der Waals surface area contributed by atoms with Gasteiger partial charge >= 0.3 is 0 Å². The van der Waals surface area contributed by atoms with Crippen LogP contribution in [0.25, 0.3) is 0 Å². The summed E-state index contributed by atoms with van der Waals surface area (Å²) in [7, 11) is -1.19. The molecule has 0 radical (unpaired) electrons. The molecule has 0 aliphatic heterocycles. The van der Waals surface area contributed by atoms with E-state index in [4.69, 9.17) is 0 Å². The van der Waals surface area contributed by atoms with Gasteiger partial charge in [-0.3, -0.25) is 0 Å². The molecule has 4 aliphatic rings. The summed E-state index contributed by atoms with van der Waals surface area (Å²) in [4.78, 5) is 0. The van der Waals surface area contributed by atoms with Gasteiger partial charge in [0.05, 0.1) is 8.07 Å². The third kappa shape index (κ3) is 3.61. The van der Waals surface area contributed by atoms with Crippen molar-refractivity contribution >= 4 is 8.07 Å². The number of rotatable bonds is 5. The van der Waals surface area contributed by atoms with E-state index in [1.54, 1.807) is 44.9 Å². The van der Waals surface area contributed by atoms with E-state index >= 15 is 0 Å². The van der Waals surface area contributed by atoms with Crippen LogP contribution in [0.1, 0.15) is 97.8 Å². The van der Waals surface area contributed by atoms with Crippen molar-refractivity contribution in [3.05, 3.63) is 0 Å². The second kappa shape index (κ2) is 8.15. The van der Waals surface area contributed by atoms with Gasteiger partial charge in [-0.15, -0.1) is 0 Å². The van der Waals surface area contributed by atoms with E-state index < -0.39 is 8.07 Å². The molecule has 4 fully saturated rings. The lowest BCUT2D eigenvalue weighted by atomic mass is 9.73. The molecule has 4 rings (SSSR count). The van der Waals surface area contributed by atoms with E-state index in [1.807, 2.05) is 0 Å². The molecular weight excluding hydrogens is 340 g/mol. The first-order valence-corrected chi connectivity index (χ1v) is 16.1. The average Bonchev–Trinajstić information content (AvgIpc) is 3.25. The molecule has 4 saturated carbocycles. The molecule has 0 saturated heterocycles. The van der Waals surface area contributed by atoms with Crippen molar-refractivity contribution in [3.63, 3.8) is 0 Å². The van der Waals surface area contributed by atoms with Crippen LogP contribution in [0.4, 0.5) is 0 Å². The smallest absolute Gasteiger partial charge is 0.0541 e. The fourth-order valence-electron chi connectivity index (χ4n) is 9.35. The zero-order valence-electron chi connectivity index (χ0n) is 19.2. The van der Waals surface area contributed by atoms with E-state index in [0.29, 0.717) is 0 Å². The lowest BCUT2D eigenvalue weighted by molar-refractivity contribution is 0.179. The van der Waals surface area contributed by atoms with Crippen molar-refractivity contribution in [2.24, 2.45) is 41.4 Å². The predicted octanol–water partition coefficient (Wildman–Crippen LogP) is 8.54. The van der Waals surface area contributed by atoms with Crippen LogP contribution in [-0.2, 0) is 0 Å². The topological polar surface area (TPSA) is 0 Å². The quantitative estimate of drug-likeness (QED) is 0.414. The molecule has 0 spiro atoms. The number of fused-ring (bicyclic) bond motifs is 2. The molecule has 0 heterocycles. The second-order valence-corrected chi connectivity index (χ2v) is 17.3.